The molecule has 2 unspecified atom stereocenters. The minimum Gasteiger partial charge on any atom is -0.462 e. The summed E-state index contributed by atoms with van der Waals surface area (Å²) in [6.45, 7) is 4.15. The third-order valence-electron chi connectivity index (χ3n) is 8.26. The molecule has 292 valence electrons. The summed E-state index contributed by atoms with van der Waals surface area (Å²) in [5.41, 5.74) is 0. The first-order valence-electron chi connectivity index (χ1n) is 19.9. The second-order valence-corrected chi connectivity index (χ2v) is 14.6. The van der Waals surface area contributed by atoms with Gasteiger partial charge >= 0.3 is 19.8 Å². The van der Waals surface area contributed by atoms with Gasteiger partial charge in [0.2, 0.25) is 0 Å². The van der Waals surface area contributed by atoms with Gasteiger partial charge in [-0.2, -0.15) is 0 Å². The predicted octanol–water partition coefficient (Wildman–Crippen LogP) is 10.9. The molecule has 2 N–H and O–H groups in total. The van der Waals surface area contributed by atoms with E-state index >= 15 is 0 Å². The molecule has 0 aliphatic carbocycles. The van der Waals surface area contributed by atoms with Crippen LogP contribution in [0.25, 0.3) is 0 Å². The number of carbonyl (C=O) groups excluding carboxylic acids is 2. The predicted molar refractivity (Wildman–Crippen MR) is 206 cm³/mol. The number of likely N-dealkylation sites (N-methyl/N-ethyl adjacent to an activating group) is 1. The normalized spacial score (nSPS) is 13.8. The molecule has 2 atom stereocenters. The van der Waals surface area contributed by atoms with Crippen LogP contribution < -0.4 is 5.32 Å². The van der Waals surface area contributed by atoms with Crippen molar-refractivity contribution in [2.75, 3.05) is 33.4 Å². The van der Waals surface area contributed by atoms with Crippen molar-refractivity contribution in [2.45, 2.75) is 174 Å². The van der Waals surface area contributed by atoms with Gasteiger partial charge in [-0.25, -0.2) is 4.57 Å². The lowest BCUT2D eigenvalue weighted by atomic mass is 10.1. The summed E-state index contributed by atoms with van der Waals surface area (Å²) < 4.78 is 33.1. The lowest BCUT2D eigenvalue weighted by molar-refractivity contribution is -0.161. The van der Waals surface area contributed by atoms with Crippen molar-refractivity contribution in [1.82, 2.24) is 5.32 Å². The standard InChI is InChI=1S/C40H74NO8P/c1-4-6-8-10-12-14-16-17-18-19-20-21-23-25-27-29-31-33-40(43)49-38(37-48-50(44,45)47-35-34-41-3)36-46-39(42)32-30-28-26-24-22-15-13-11-9-7-5-2/h12,14,17-18,20-21,38,41H,4-11,13,15-16,19,22-37H2,1-3H3,(H,44,45)/b14-12-,18-17-,21-20-. The molecule has 9 nitrogen and oxygen atoms in total. The summed E-state index contributed by atoms with van der Waals surface area (Å²) in [6, 6.07) is 0. The lowest BCUT2D eigenvalue weighted by Crippen LogP contribution is -2.29. The second-order valence-electron chi connectivity index (χ2n) is 13.1. The van der Waals surface area contributed by atoms with Gasteiger partial charge in [0.25, 0.3) is 0 Å². The molecule has 0 aromatic heterocycles. The van der Waals surface area contributed by atoms with Crippen LogP contribution in [0, 0.1) is 0 Å². The van der Waals surface area contributed by atoms with E-state index in [1.54, 1.807) is 7.05 Å². The fourth-order valence-corrected chi connectivity index (χ4v) is 5.96. The number of unbranched alkanes of at least 4 members (excludes halogenated alkanes) is 17. The summed E-state index contributed by atoms with van der Waals surface area (Å²) in [5, 5.41) is 2.82. The quantitative estimate of drug-likeness (QED) is 0.0279. The van der Waals surface area contributed by atoms with Crippen LogP contribution in [-0.2, 0) is 32.7 Å². The fraction of sp³-hybridized carbons (Fsp3) is 0.800. The average molecular weight is 728 g/mol. The van der Waals surface area contributed by atoms with Gasteiger partial charge in [-0.3, -0.25) is 18.6 Å². The molecule has 0 aliphatic heterocycles. The monoisotopic (exact) mass is 728 g/mol. The zero-order valence-electron chi connectivity index (χ0n) is 32.1. The van der Waals surface area contributed by atoms with Gasteiger partial charge in [0.05, 0.1) is 13.2 Å². The molecule has 0 heterocycles. The zero-order chi connectivity index (χ0) is 36.8. The summed E-state index contributed by atoms with van der Waals surface area (Å²) >= 11 is 0. The van der Waals surface area contributed by atoms with E-state index < -0.39 is 26.5 Å². The van der Waals surface area contributed by atoms with E-state index in [1.165, 1.54) is 77.0 Å². The van der Waals surface area contributed by atoms with E-state index in [1.807, 2.05) is 0 Å². The largest absolute Gasteiger partial charge is 0.472 e. The number of rotatable bonds is 37. The summed E-state index contributed by atoms with van der Waals surface area (Å²) in [6.07, 6.45) is 37.5. The van der Waals surface area contributed by atoms with Crippen LogP contribution in [0.4, 0.5) is 0 Å². The maximum atomic E-state index is 12.6. The first-order valence-corrected chi connectivity index (χ1v) is 21.4. The number of allylic oxidation sites excluding steroid dienone is 6. The smallest absolute Gasteiger partial charge is 0.462 e. The minimum atomic E-state index is -4.35. The number of carbonyl (C=O) groups is 2. The Hall–Kier alpha value is -1.77. The molecule has 0 radical (unpaired) electrons. The highest BCUT2D eigenvalue weighted by Gasteiger charge is 2.26. The number of esters is 2. The van der Waals surface area contributed by atoms with E-state index in [-0.39, 0.29) is 32.0 Å². The molecule has 0 rings (SSSR count). The minimum absolute atomic E-state index is 0.0212. The molecule has 0 saturated heterocycles. The van der Waals surface area contributed by atoms with Crippen LogP contribution in [0.15, 0.2) is 36.5 Å². The second kappa shape index (κ2) is 37.0. The van der Waals surface area contributed by atoms with Crippen molar-refractivity contribution in [1.29, 1.82) is 0 Å². The van der Waals surface area contributed by atoms with Crippen molar-refractivity contribution < 1.29 is 37.6 Å². The number of nitrogens with one attached hydrogen (secondary N) is 1. The summed E-state index contributed by atoms with van der Waals surface area (Å²) in [4.78, 5) is 34.9. The van der Waals surface area contributed by atoms with E-state index in [0.717, 1.165) is 57.8 Å². The van der Waals surface area contributed by atoms with Crippen molar-refractivity contribution in [3.63, 3.8) is 0 Å². The molecular weight excluding hydrogens is 653 g/mol. The van der Waals surface area contributed by atoms with Gasteiger partial charge in [0, 0.05) is 19.4 Å². The van der Waals surface area contributed by atoms with Crippen LogP contribution >= 0.6 is 7.82 Å². The molecule has 0 aromatic rings. The molecule has 0 fully saturated rings. The highest BCUT2D eigenvalue weighted by atomic mass is 31.2. The van der Waals surface area contributed by atoms with Gasteiger partial charge in [-0.05, 0) is 58.4 Å². The van der Waals surface area contributed by atoms with Gasteiger partial charge < -0.3 is 19.7 Å². The highest BCUT2D eigenvalue weighted by molar-refractivity contribution is 7.47. The van der Waals surface area contributed by atoms with Crippen LogP contribution in [0.5, 0.6) is 0 Å². The Balaban J connectivity index is 4.31. The third kappa shape index (κ3) is 36.0. The van der Waals surface area contributed by atoms with Crippen LogP contribution in [0.2, 0.25) is 0 Å². The Morgan fingerprint density at radius 3 is 1.64 bits per heavy atom. The lowest BCUT2D eigenvalue weighted by Gasteiger charge is -2.20. The first-order chi connectivity index (χ1) is 24.3. The van der Waals surface area contributed by atoms with Crippen molar-refractivity contribution >= 4 is 19.8 Å². The molecule has 50 heavy (non-hydrogen) atoms. The van der Waals surface area contributed by atoms with Crippen LogP contribution in [-0.4, -0.2) is 56.3 Å². The zero-order valence-corrected chi connectivity index (χ0v) is 33.0. The molecule has 0 bridgehead atoms. The summed E-state index contributed by atoms with van der Waals surface area (Å²) in [5.74, 6) is -0.832. The number of phosphoric acid groups is 1. The number of hydrogen-bond donors (Lipinski definition) is 2. The van der Waals surface area contributed by atoms with E-state index in [2.05, 4.69) is 55.6 Å². The molecule has 0 aliphatic rings. The molecular formula is C40H74NO8P. The fourth-order valence-electron chi connectivity index (χ4n) is 5.21. The number of phosphoric ester groups is 1. The highest BCUT2D eigenvalue weighted by Crippen LogP contribution is 2.43. The Morgan fingerprint density at radius 2 is 1.08 bits per heavy atom. The molecule has 0 amide bonds. The maximum absolute atomic E-state index is 12.6. The molecule has 0 spiro atoms. The molecule has 10 heteroatoms. The molecule has 0 aromatic carbocycles. The number of ether oxygens (including phenoxy) is 2. The van der Waals surface area contributed by atoms with Crippen molar-refractivity contribution in [3.05, 3.63) is 36.5 Å². The average Bonchev–Trinajstić information content (AvgIpc) is 3.09. The first kappa shape index (κ1) is 48.2. The van der Waals surface area contributed by atoms with Gasteiger partial charge in [-0.15, -0.1) is 0 Å². The van der Waals surface area contributed by atoms with Crippen molar-refractivity contribution in [2.24, 2.45) is 0 Å². The topological polar surface area (TPSA) is 120 Å². The Kier molecular flexibility index (Phi) is 35.7. The molecule has 0 saturated carbocycles. The van der Waals surface area contributed by atoms with E-state index in [9.17, 15) is 19.0 Å². The van der Waals surface area contributed by atoms with Crippen molar-refractivity contribution in [3.8, 4) is 0 Å². The van der Waals surface area contributed by atoms with Gasteiger partial charge in [-0.1, -0.05) is 140 Å². The van der Waals surface area contributed by atoms with Crippen LogP contribution in [0.3, 0.4) is 0 Å². The number of hydrogen-bond acceptors (Lipinski definition) is 8. The maximum Gasteiger partial charge on any atom is 0.472 e. The van der Waals surface area contributed by atoms with Gasteiger partial charge in [0.15, 0.2) is 6.10 Å². The Labute approximate surface area is 306 Å². The van der Waals surface area contributed by atoms with Crippen LogP contribution in [0.1, 0.15) is 168 Å². The Morgan fingerprint density at radius 1 is 0.620 bits per heavy atom. The van der Waals surface area contributed by atoms with E-state index in [4.69, 9.17) is 18.5 Å². The summed E-state index contributed by atoms with van der Waals surface area (Å²) in [7, 11) is -2.65. The van der Waals surface area contributed by atoms with Gasteiger partial charge in [0.1, 0.15) is 6.61 Å². The van der Waals surface area contributed by atoms with E-state index in [0.29, 0.717) is 13.0 Å². The third-order valence-corrected chi connectivity index (χ3v) is 9.25. The Bertz CT molecular complexity index is 923. The SMILES string of the molecule is CCCCC/C=C\C/C=C\C/C=C\CCCCCCC(=O)OC(COC(=O)CCCCCCCCCCCCC)COP(=O)(O)OCCNC.